The van der Waals surface area contributed by atoms with E-state index in [1.54, 1.807) is 0 Å². The van der Waals surface area contributed by atoms with Gasteiger partial charge in [-0.15, -0.1) is 0 Å². The lowest BCUT2D eigenvalue weighted by Crippen LogP contribution is -2.04. The largest absolute Gasteiger partial charge is 0.366 e. The van der Waals surface area contributed by atoms with E-state index in [9.17, 15) is 0 Å². The van der Waals surface area contributed by atoms with Gasteiger partial charge >= 0.3 is 0 Å². The summed E-state index contributed by atoms with van der Waals surface area (Å²) in [4.78, 5) is 0.521. The monoisotopic (exact) mass is 228 g/mol. The number of ether oxygens (including phenoxy) is 1. The van der Waals surface area contributed by atoms with E-state index < -0.39 is 0 Å². The highest BCUT2D eigenvalue weighted by atomic mass is 79.9. The van der Waals surface area contributed by atoms with Crippen molar-refractivity contribution in [3.63, 3.8) is 0 Å². The second-order valence-corrected chi connectivity index (χ2v) is 3.61. The van der Waals surface area contributed by atoms with E-state index in [2.05, 4.69) is 31.9 Å². The predicted octanol–water partition coefficient (Wildman–Crippen LogP) is 1.89. The van der Waals surface area contributed by atoms with Crippen LogP contribution in [0.1, 0.15) is 6.42 Å². The van der Waals surface area contributed by atoms with Crippen LogP contribution in [0, 0.1) is 0 Å². The van der Waals surface area contributed by atoms with E-state index in [0.717, 1.165) is 13.0 Å². The molecule has 0 spiro atoms. The third-order valence-corrected chi connectivity index (χ3v) is 3.50. The molecule has 0 bridgehead atoms. The molecule has 1 fully saturated rings. The van der Waals surface area contributed by atoms with Crippen molar-refractivity contribution in [2.24, 2.45) is 0 Å². The summed E-state index contributed by atoms with van der Waals surface area (Å²) < 4.78 is 5.13. The summed E-state index contributed by atoms with van der Waals surface area (Å²) in [6, 6.07) is 0. The van der Waals surface area contributed by atoms with E-state index in [-0.39, 0.29) is 5.01 Å². The number of rotatable bonds is 0. The second-order valence-electron chi connectivity index (χ2n) is 1.53. The van der Waals surface area contributed by atoms with Crippen molar-refractivity contribution in [2.45, 2.75) is 16.3 Å². The van der Waals surface area contributed by atoms with Crippen molar-refractivity contribution >= 4 is 31.9 Å². The Kier molecular flexibility index (Phi) is 2.13. The molecule has 1 nitrogen and oxygen atoms in total. The fraction of sp³-hybridized carbons (Fsp3) is 1.00. The predicted molar refractivity (Wildman–Crippen MR) is 36.0 cm³/mol. The molecule has 0 amide bonds. The van der Waals surface area contributed by atoms with Gasteiger partial charge in [0.25, 0.3) is 0 Å². The Morgan fingerprint density at radius 1 is 1.43 bits per heavy atom. The van der Waals surface area contributed by atoms with Gasteiger partial charge in [-0.2, -0.15) is 0 Å². The summed E-state index contributed by atoms with van der Waals surface area (Å²) in [6.07, 6.45) is 1.12. The zero-order chi connectivity index (χ0) is 5.28. The Labute approximate surface area is 59.7 Å². The number of hydrogen-bond acceptors (Lipinski definition) is 1. The van der Waals surface area contributed by atoms with Gasteiger partial charge in [0.1, 0.15) is 5.01 Å². The van der Waals surface area contributed by atoms with Crippen LogP contribution in [-0.2, 0) is 4.74 Å². The zero-order valence-corrected chi connectivity index (χ0v) is 6.91. The van der Waals surface area contributed by atoms with Crippen molar-refractivity contribution in [1.29, 1.82) is 0 Å². The Bertz CT molecular complexity index is 58.7. The Morgan fingerprint density at radius 2 is 2.14 bits per heavy atom. The minimum Gasteiger partial charge on any atom is -0.366 e. The average Bonchev–Trinajstić information content (AvgIpc) is 1.91. The van der Waals surface area contributed by atoms with Crippen molar-refractivity contribution in [2.75, 3.05) is 6.61 Å². The van der Waals surface area contributed by atoms with Crippen molar-refractivity contribution < 1.29 is 4.74 Å². The van der Waals surface area contributed by atoms with Crippen molar-refractivity contribution in [1.82, 2.24) is 0 Å². The molecule has 1 aliphatic rings. The van der Waals surface area contributed by atoms with Gasteiger partial charge in [0.15, 0.2) is 0 Å². The van der Waals surface area contributed by atoms with Crippen LogP contribution in [0.2, 0.25) is 0 Å². The molecular weight excluding hydrogens is 224 g/mol. The first-order valence-electron chi connectivity index (χ1n) is 2.20. The lowest BCUT2D eigenvalue weighted by Gasteiger charge is -2.00. The van der Waals surface area contributed by atoms with E-state index >= 15 is 0 Å². The average molecular weight is 230 g/mol. The van der Waals surface area contributed by atoms with Crippen LogP contribution >= 0.6 is 31.9 Å². The highest BCUT2D eigenvalue weighted by Crippen LogP contribution is 2.24. The molecule has 3 heteroatoms. The lowest BCUT2D eigenvalue weighted by atomic mass is 10.4. The molecule has 42 valence electrons. The molecule has 7 heavy (non-hydrogen) atoms. The van der Waals surface area contributed by atoms with Crippen LogP contribution in [0.4, 0.5) is 0 Å². The number of alkyl halides is 2. The molecule has 0 unspecified atom stereocenters. The first-order chi connectivity index (χ1) is 3.30. The Balaban J connectivity index is 2.33. The zero-order valence-electron chi connectivity index (χ0n) is 3.73. The van der Waals surface area contributed by atoms with Crippen LogP contribution in [0.15, 0.2) is 0 Å². The molecule has 1 rings (SSSR count). The van der Waals surface area contributed by atoms with Gasteiger partial charge in [-0.3, -0.25) is 0 Å². The standard InChI is InChI=1S/C4H6Br2O/c5-3-1-2-7-4(3)6/h3-4H,1-2H2/t3-,4+/m0/s1. The first kappa shape index (κ1) is 6.05. The molecule has 0 aromatic rings. The van der Waals surface area contributed by atoms with Crippen LogP contribution < -0.4 is 0 Å². The summed E-state index contributed by atoms with van der Waals surface area (Å²) in [5.41, 5.74) is 0. The van der Waals surface area contributed by atoms with Gasteiger partial charge in [0.2, 0.25) is 0 Å². The summed E-state index contributed by atoms with van der Waals surface area (Å²) in [6.45, 7) is 0.881. The van der Waals surface area contributed by atoms with Crippen LogP contribution in [0.25, 0.3) is 0 Å². The number of hydrogen-bond donors (Lipinski definition) is 0. The molecule has 0 aliphatic carbocycles. The van der Waals surface area contributed by atoms with Gasteiger partial charge < -0.3 is 4.74 Å². The Hall–Kier alpha value is 0.920. The third kappa shape index (κ3) is 1.40. The maximum atomic E-state index is 5.13. The van der Waals surface area contributed by atoms with Crippen LogP contribution in [-0.4, -0.2) is 16.4 Å². The van der Waals surface area contributed by atoms with E-state index in [1.165, 1.54) is 0 Å². The maximum Gasteiger partial charge on any atom is 0.125 e. The van der Waals surface area contributed by atoms with Gasteiger partial charge in [-0.25, -0.2) is 0 Å². The fourth-order valence-corrected chi connectivity index (χ4v) is 1.32. The van der Waals surface area contributed by atoms with Crippen molar-refractivity contribution in [3.8, 4) is 0 Å². The van der Waals surface area contributed by atoms with Gasteiger partial charge in [-0.05, 0) is 6.42 Å². The van der Waals surface area contributed by atoms with Gasteiger partial charge in [0, 0.05) is 6.61 Å². The summed E-state index contributed by atoms with van der Waals surface area (Å²) in [5, 5.41) is 0.243. The minimum atomic E-state index is 0.243. The summed E-state index contributed by atoms with van der Waals surface area (Å²) >= 11 is 6.77. The number of halogens is 2. The topological polar surface area (TPSA) is 9.23 Å². The summed E-state index contributed by atoms with van der Waals surface area (Å²) in [7, 11) is 0. The molecule has 1 aliphatic heterocycles. The van der Waals surface area contributed by atoms with E-state index in [1.807, 2.05) is 0 Å². The molecule has 1 saturated heterocycles. The molecule has 0 saturated carbocycles. The summed E-state index contributed by atoms with van der Waals surface area (Å²) in [5.74, 6) is 0. The SMILES string of the molecule is Br[C@@H]1OCC[C@@H]1Br. The van der Waals surface area contributed by atoms with Crippen LogP contribution in [0.3, 0.4) is 0 Å². The molecule has 0 aromatic heterocycles. The smallest absolute Gasteiger partial charge is 0.125 e. The van der Waals surface area contributed by atoms with Crippen molar-refractivity contribution in [3.05, 3.63) is 0 Å². The Morgan fingerprint density at radius 3 is 2.29 bits per heavy atom. The minimum absolute atomic E-state index is 0.243. The molecule has 0 N–H and O–H groups in total. The maximum absolute atomic E-state index is 5.13. The normalized spacial score (nSPS) is 42.0. The first-order valence-corrected chi connectivity index (χ1v) is 4.03. The highest BCUT2D eigenvalue weighted by Gasteiger charge is 2.21. The molecule has 1 heterocycles. The highest BCUT2D eigenvalue weighted by molar-refractivity contribution is 9.12. The fourth-order valence-electron chi connectivity index (χ4n) is 0.529. The van der Waals surface area contributed by atoms with Gasteiger partial charge in [0.05, 0.1) is 4.83 Å². The molecule has 0 radical (unpaired) electrons. The molecule has 2 atom stereocenters. The molecule has 0 aromatic carbocycles. The van der Waals surface area contributed by atoms with Gasteiger partial charge in [-0.1, -0.05) is 31.9 Å². The van der Waals surface area contributed by atoms with Crippen LogP contribution in [0.5, 0.6) is 0 Å². The molecular formula is C4H6Br2O. The second kappa shape index (κ2) is 2.46. The third-order valence-electron chi connectivity index (χ3n) is 0.955. The quantitative estimate of drug-likeness (QED) is 0.577. The lowest BCUT2D eigenvalue weighted by molar-refractivity contribution is 0.180. The van der Waals surface area contributed by atoms with E-state index in [0.29, 0.717) is 4.83 Å². The van der Waals surface area contributed by atoms with E-state index in [4.69, 9.17) is 4.74 Å².